The molecule has 0 saturated carbocycles. The molecule has 2 nitrogen and oxygen atoms in total. The molecule has 0 aliphatic heterocycles. The fraction of sp³-hybridized carbons (Fsp3) is 0.538. The number of hydrogen-bond acceptors (Lipinski definition) is 2. The van der Waals surface area contributed by atoms with Gasteiger partial charge in [0.2, 0.25) is 0 Å². The number of aliphatic hydroxyl groups excluding tert-OH is 1. The molecule has 16 heavy (non-hydrogen) atoms. The Labute approximate surface area is 112 Å². The van der Waals surface area contributed by atoms with E-state index in [1.165, 1.54) is 9.13 Å². The number of nitrogens with zero attached hydrogens (tertiary/aromatic N) is 1. The summed E-state index contributed by atoms with van der Waals surface area (Å²) in [6, 6.07) is 9.15. The summed E-state index contributed by atoms with van der Waals surface area (Å²) in [6.07, 6.45) is 0.850. The summed E-state index contributed by atoms with van der Waals surface area (Å²) in [4.78, 5) is 2.39. The highest BCUT2D eigenvalue weighted by Crippen LogP contribution is 2.11. The van der Waals surface area contributed by atoms with Crippen molar-refractivity contribution in [2.75, 3.05) is 13.2 Å². The highest BCUT2D eigenvalue weighted by Gasteiger charge is 2.09. The predicted octanol–water partition coefficient (Wildman–Crippen LogP) is 2.88. The Balaban J connectivity index is 2.57. The topological polar surface area (TPSA) is 23.5 Å². The van der Waals surface area contributed by atoms with Crippen LogP contribution in [0.3, 0.4) is 0 Å². The van der Waals surface area contributed by atoms with Crippen LogP contribution < -0.4 is 0 Å². The second-order valence-electron chi connectivity index (χ2n) is 4.27. The van der Waals surface area contributed by atoms with Crippen molar-refractivity contribution < 1.29 is 5.11 Å². The zero-order valence-corrected chi connectivity index (χ0v) is 12.1. The molecule has 1 aromatic carbocycles. The van der Waals surface area contributed by atoms with Gasteiger partial charge in [0.15, 0.2) is 0 Å². The summed E-state index contributed by atoms with van der Waals surface area (Å²) in [6.45, 7) is 6.60. The largest absolute Gasteiger partial charge is 0.396 e. The minimum absolute atomic E-state index is 0.274. The van der Waals surface area contributed by atoms with Crippen molar-refractivity contribution in [3.8, 4) is 0 Å². The molecule has 1 N–H and O–H groups in total. The summed E-state index contributed by atoms with van der Waals surface area (Å²) >= 11 is 2.32. The smallest absolute Gasteiger partial charge is 0.0443 e. The zero-order valence-electron chi connectivity index (χ0n) is 9.99. The van der Waals surface area contributed by atoms with Crippen molar-refractivity contribution in [1.29, 1.82) is 0 Å². The molecule has 0 atom stereocenters. The van der Waals surface area contributed by atoms with Crippen molar-refractivity contribution in [2.24, 2.45) is 0 Å². The van der Waals surface area contributed by atoms with Gasteiger partial charge >= 0.3 is 0 Å². The first kappa shape index (κ1) is 13.9. The lowest BCUT2D eigenvalue weighted by Crippen LogP contribution is -2.31. The van der Waals surface area contributed by atoms with Crippen LogP contribution in [0.2, 0.25) is 0 Å². The van der Waals surface area contributed by atoms with Crippen LogP contribution in [-0.2, 0) is 6.54 Å². The van der Waals surface area contributed by atoms with Crippen LogP contribution in [0.1, 0.15) is 25.8 Å². The van der Waals surface area contributed by atoms with Crippen LogP contribution in [0, 0.1) is 3.57 Å². The van der Waals surface area contributed by atoms with Gasteiger partial charge in [-0.05, 0) is 60.6 Å². The summed E-state index contributed by atoms with van der Waals surface area (Å²) in [7, 11) is 0. The van der Waals surface area contributed by atoms with Gasteiger partial charge < -0.3 is 5.11 Å². The molecular weight excluding hydrogens is 313 g/mol. The first-order valence-electron chi connectivity index (χ1n) is 5.73. The van der Waals surface area contributed by atoms with Gasteiger partial charge in [-0.15, -0.1) is 0 Å². The maximum atomic E-state index is 8.87. The lowest BCUT2D eigenvalue weighted by molar-refractivity contribution is 0.185. The zero-order chi connectivity index (χ0) is 12.0. The van der Waals surface area contributed by atoms with E-state index in [0.29, 0.717) is 6.04 Å². The third kappa shape index (κ3) is 4.80. The van der Waals surface area contributed by atoms with Gasteiger partial charge in [0, 0.05) is 29.3 Å². The van der Waals surface area contributed by atoms with Crippen LogP contribution in [0.4, 0.5) is 0 Å². The number of halogens is 1. The molecule has 0 bridgehead atoms. The monoisotopic (exact) mass is 333 g/mol. The Bertz CT molecular complexity index is 297. The van der Waals surface area contributed by atoms with Crippen molar-refractivity contribution >= 4 is 22.6 Å². The van der Waals surface area contributed by atoms with Crippen molar-refractivity contribution in [3.63, 3.8) is 0 Å². The maximum Gasteiger partial charge on any atom is 0.0443 e. The first-order valence-corrected chi connectivity index (χ1v) is 6.80. The van der Waals surface area contributed by atoms with E-state index >= 15 is 0 Å². The minimum Gasteiger partial charge on any atom is -0.396 e. The standard InChI is InChI=1S/C13H20INO/c1-11(2)15(8-3-9-16)10-12-4-6-13(14)7-5-12/h4-7,11,16H,3,8-10H2,1-2H3. The van der Waals surface area contributed by atoms with Gasteiger partial charge in [-0.1, -0.05) is 12.1 Å². The Morgan fingerprint density at radius 2 is 1.88 bits per heavy atom. The molecule has 90 valence electrons. The van der Waals surface area contributed by atoms with Crippen molar-refractivity contribution in [1.82, 2.24) is 4.90 Å². The van der Waals surface area contributed by atoms with Gasteiger partial charge in [-0.2, -0.15) is 0 Å². The molecule has 0 heterocycles. The fourth-order valence-electron chi connectivity index (χ4n) is 1.62. The van der Waals surface area contributed by atoms with Crippen LogP contribution >= 0.6 is 22.6 Å². The Morgan fingerprint density at radius 3 is 2.38 bits per heavy atom. The van der Waals surface area contributed by atoms with Gasteiger partial charge in [0.05, 0.1) is 0 Å². The molecule has 0 unspecified atom stereocenters. The number of hydrogen-bond donors (Lipinski definition) is 1. The molecule has 0 radical (unpaired) electrons. The predicted molar refractivity (Wildman–Crippen MR) is 76.4 cm³/mol. The molecule has 0 saturated heterocycles. The third-order valence-electron chi connectivity index (χ3n) is 2.63. The highest BCUT2D eigenvalue weighted by atomic mass is 127. The van der Waals surface area contributed by atoms with Crippen LogP contribution in [-0.4, -0.2) is 29.2 Å². The van der Waals surface area contributed by atoms with E-state index in [4.69, 9.17) is 5.11 Å². The van der Waals surface area contributed by atoms with Crippen LogP contribution in [0.5, 0.6) is 0 Å². The second-order valence-corrected chi connectivity index (χ2v) is 5.51. The van der Waals surface area contributed by atoms with Crippen molar-refractivity contribution in [2.45, 2.75) is 32.9 Å². The van der Waals surface area contributed by atoms with Gasteiger partial charge in [0.25, 0.3) is 0 Å². The summed E-state index contributed by atoms with van der Waals surface area (Å²) in [5.74, 6) is 0. The third-order valence-corrected chi connectivity index (χ3v) is 3.35. The van der Waals surface area contributed by atoms with Crippen molar-refractivity contribution in [3.05, 3.63) is 33.4 Å². The van der Waals surface area contributed by atoms with Gasteiger partial charge in [0.1, 0.15) is 0 Å². The molecule has 0 aliphatic carbocycles. The number of benzene rings is 1. The molecule has 0 aromatic heterocycles. The molecule has 0 spiro atoms. The SMILES string of the molecule is CC(C)N(CCCO)Cc1ccc(I)cc1. The minimum atomic E-state index is 0.274. The van der Waals surface area contributed by atoms with Gasteiger partial charge in [-0.3, -0.25) is 4.90 Å². The molecule has 1 rings (SSSR count). The summed E-state index contributed by atoms with van der Waals surface area (Å²) in [5, 5.41) is 8.87. The molecule has 1 aromatic rings. The lowest BCUT2D eigenvalue weighted by Gasteiger charge is -2.26. The van der Waals surface area contributed by atoms with E-state index in [9.17, 15) is 0 Å². The van der Waals surface area contributed by atoms with Crippen LogP contribution in [0.15, 0.2) is 24.3 Å². The summed E-state index contributed by atoms with van der Waals surface area (Å²) in [5.41, 5.74) is 1.34. The number of rotatable bonds is 6. The van der Waals surface area contributed by atoms with Crippen LogP contribution in [0.25, 0.3) is 0 Å². The van der Waals surface area contributed by atoms with Gasteiger partial charge in [-0.25, -0.2) is 0 Å². The van der Waals surface area contributed by atoms with E-state index in [1.807, 2.05) is 0 Å². The Hall–Kier alpha value is -0.130. The molecule has 0 amide bonds. The van der Waals surface area contributed by atoms with E-state index < -0.39 is 0 Å². The first-order chi connectivity index (χ1) is 7.63. The summed E-state index contributed by atoms with van der Waals surface area (Å²) < 4.78 is 1.27. The average molecular weight is 333 g/mol. The lowest BCUT2D eigenvalue weighted by atomic mass is 10.2. The molecule has 3 heteroatoms. The fourth-order valence-corrected chi connectivity index (χ4v) is 1.98. The van der Waals surface area contributed by atoms with E-state index in [0.717, 1.165) is 19.5 Å². The quantitative estimate of drug-likeness (QED) is 0.810. The van der Waals surface area contributed by atoms with E-state index in [-0.39, 0.29) is 6.61 Å². The molecule has 0 aliphatic rings. The van der Waals surface area contributed by atoms with E-state index in [2.05, 4.69) is 65.6 Å². The molecular formula is C13H20INO. The van der Waals surface area contributed by atoms with E-state index in [1.54, 1.807) is 0 Å². The molecule has 0 fully saturated rings. The second kappa shape index (κ2) is 7.25. The highest BCUT2D eigenvalue weighted by molar-refractivity contribution is 14.1. The average Bonchev–Trinajstić information content (AvgIpc) is 2.26. The normalized spacial score (nSPS) is 11.4. The Kier molecular flexibility index (Phi) is 6.31. The number of aliphatic hydroxyl groups is 1. The maximum absolute atomic E-state index is 8.87. The Morgan fingerprint density at radius 1 is 1.25 bits per heavy atom.